The molecule has 0 saturated carbocycles. The first kappa shape index (κ1) is 21.2. The third kappa shape index (κ3) is 5.73. The van der Waals surface area contributed by atoms with Gasteiger partial charge in [0.15, 0.2) is 13.6 Å². The molecule has 4 rings (SSSR count). The summed E-state index contributed by atoms with van der Waals surface area (Å²) in [5, 5.41) is 0.612. The fourth-order valence-corrected chi connectivity index (χ4v) is 3.97. The fourth-order valence-electron chi connectivity index (χ4n) is 2.79. The van der Waals surface area contributed by atoms with Crippen LogP contribution in [-0.4, -0.2) is 11.3 Å². The highest BCUT2D eigenvalue weighted by Crippen LogP contribution is 2.25. The van der Waals surface area contributed by atoms with E-state index in [1.165, 1.54) is 0 Å². The molecule has 0 aliphatic carbocycles. The second-order valence-electron chi connectivity index (χ2n) is 6.45. The molecule has 0 heterocycles. The molecular weight excluding hydrogens is 391 g/mol. The van der Waals surface area contributed by atoms with E-state index in [2.05, 4.69) is 0 Å². The van der Waals surface area contributed by atoms with Gasteiger partial charge >= 0.3 is 0 Å². The normalized spacial score (nSPS) is 10.9. The molecule has 0 aliphatic heterocycles. The van der Waals surface area contributed by atoms with Gasteiger partial charge in [-0.15, -0.1) is 0 Å². The van der Waals surface area contributed by atoms with Crippen molar-refractivity contribution < 1.29 is 14.2 Å². The Morgan fingerprint density at radius 3 is 1.20 bits per heavy atom. The average Bonchev–Trinajstić information content (AvgIpc) is 2.85. The lowest BCUT2D eigenvalue weighted by Crippen LogP contribution is -2.03. The van der Waals surface area contributed by atoms with E-state index in [0.29, 0.717) is 10.9 Å². The molecule has 4 aromatic rings. The average molecular weight is 412 g/mol. The van der Waals surface area contributed by atoms with E-state index in [-0.39, 0.29) is 11.3 Å². The molecule has 4 heteroatoms. The minimum Gasteiger partial charge on any atom is -0.313 e. The van der Waals surface area contributed by atoms with Crippen molar-refractivity contribution in [2.24, 2.45) is 0 Å². The van der Waals surface area contributed by atoms with Crippen LogP contribution in [0.25, 0.3) is 0 Å². The first-order chi connectivity index (χ1) is 14.7. The third-order valence-electron chi connectivity index (χ3n) is 4.35. The van der Waals surface area contributed by atoms with Crippen LogP contribution in [0, 0.1) is 0 Å². The number of hydrogen-bond donors (Lipinski definition) is 0. The molecule has 148 valence electrons. The Morgan fingerprint density at radius 2 is 0.800 bits per heavy atom. The van der Waals surface area contributed by atoms with E-state index < -0.39 is 7.80 Å². The number of benzene rings is 4. The Labute approximate surface area is 176 Å². The van der Waals surface area contributed by atoms with Gasteiger partial charge in [-0.3, -0.25) is 9.59 Å². The van der Waals surface area contributed by atoms with Crippen LogP contribution in [0.2, 0.25) is 0 Å². The van der Waals surface area contributed by atoms with E-state index in [1.54, 1.807) is 48.5 Å². The Bertz CT molecular complexity index is 1020. The molecule has 0 amide bonds. The summed E-state index contributed by atoms with van der Waals surface area (Å²) in [6.07, 6.45) is 0. The Kier molecular flexibility index (Phi) is 7.65. The molecule has 0 fully saturated rings. The smallest absolute Gasteiger partial charge is 0.222 e. The van der Waals surface area contributed by atoms with Crippen LogP contribution in [-0.2, 0) is 4.57 Å². The molecule has 0 spiro atoms. The molecule has 0 aromatic heterocycles. The van der Waals surface area contributed by atoms with Gasteiger partial charge in [-0.25, -0.2) is 0 Å². The van der Waals surface area contributed by atoms with Crippen LogP contribution >= 0.6 is 7.80 Å². The quantitative estimate of drug-likeness (QED) is 0.315. The minimum atomic E-state index is -2.39. The molecule has 0 N–H and O–H groups in total. The summed E-state index contributed by atoms with van der Waals surface area (Å²) >= 11 is 0. The monoisotopic (exact) mass is 412 g/mol. The standard InChI is InChI=1S/C13H11O2P.C13H10O/c14-13(11-7-3-1-4-8-11)16(15)12-9-5-2-6-10-12;14-13(11-7-3-1-4-8-11)12-9-5-2-6-10-12/h1-10,16H;1-10H. The molecule has 3 nitrogen and oxygen atoms in total. The van der Waals surface area contributed by atoms with Crippen LogP contribution in [0.1, 0.15) is 26.3 Å². The van der Waals surface area contributed by atoms with Crippen molar-refractivity contribution >= 4 is 24.4 Å². The molecule has 0 saturated heterocycles. The molecule has 30 heavy (non-hydrogen) atoms. The van der Waals surface area contributed by atoms with Crippen LogP contribution in [0.3, 0.4) is 0 Å². The summed E-state index contributed by atoms with van der Waals surface area (Å²) in [6.45, 7) is 0. The van der Waals surface area contributed by atoms with Gasteiger partial charge < -0.3 is 4.57 Å². The maximum atomic E-state index is 12.0. The topological polar surface area (TPSA) is 51.2 Å². The van der Waals surface area contributed by atoms with Gasteiger partial charge in [0.25, 0.3) is 0 Å². The Morgan fingerprint density at radius 1 is 0.467 bits per heavy atom. The number of hydrogen-bond acceptors (Lipinski definition) is 3. The van der Waals surface area contributed by atoms with Crippen molar-refractivity contribution in [3.63, 3.8) is 0 Å². The molecule has 4 aromatic carbocycles. The van der Waals surface area contributed by atoms with Gasteiger partial charge in [-0.05, 0) is 0 Å². The lowest BCUT2D eigenvalue weighted by molar-refractivity contribution is 0.103. The summed E-state index contributed by atoms with van der Waals surface area (Å²) < 4.78 is 12.0. The number of carbonyl (C=O) groups excluding carboxylic acids is 2. The van der Waals surface area contributed by atoms with Crippen LogP contribution < -0.4 is 5.30 Å². The first-order valence-electron chi connectivity index (χ1n) is 9.51. The highest BCUT2D eigenvalue weighted by Gasteiger charge is 2.15. The zero-order valence-electron chi connectivity index (χ0n) is 16.3. The number of rotatable bonds is 5. The molecule has 1 atom stereocenters. The summed E-state index contributed by atoms with van der Waals surface area (Å²) in [5.41, 5.74) is 1.70. The lowest BCUT2D eigenvalue weighted by atomic mass is 10.0. The highest BCUT2D eigenvalue weighted by atomic mass is 31.1. The van der Waals surface area contributed by atoms with Crippen molar-refractivity contribution in [3.05, 3.63) is 138 Å². The molecular formula is C26H21O3P. The van der Waals surface area contributed by atoms with E-state index >= 15 is 0 Å². The van der Waals surface area contributed by atoms with Crippen LogP contribution in [0.5, 0.6) is 0 Å². The molecule has 0 bridgehead atoms. The third-order valence-corrected chi connectivity index (χ3v) is 5.91. The van der Waals surface area contributed by atoms with Gasteiger partial charge in [-0.1, -0.05) is 121 Å². The largest absolute Gasteiger partial charge is 0.313 e. The van der Waals surface area contributed by atoms with E-state index in [9.17, 15) is 14.2 Å². The predicted molar refractivity (Wildman–Crippen MR) is 122 cm³/mol. The van der Waals surface area contributed by atoms with Crippen LogP contribution in [0.15, 0.2) is 121 Å². The lowest BCUT2D eigenvalue weighted by Gasteiger charge is -2.01. The number of carbonyl (C=O) groups is 2. The van der Waals surface area contributed by atoms with Crippen molar-refractivity contribution in [2.45, 2.75) is 0 Å². The highest BCUT2D eigenvalue weighted by molar-refractivity contribution is 7.71. The van der Waals surface area contributed by atoms with Crippen molar-refractivity contribution in [1.82, 2.24) is 0 Å². The SMILES string of the molecule is O=C(c1ccccc1)[PH](=O)c1ccccc1.O=C(c1ccccc1)c1ccccc1. The van der Waals surface area contributed by atoms with E-state index in [1.807, 2.05) is 72.8 Å². The maximum absolute atomic E-state index is 12.0. The predicted octanol–water partition coefficient (Wildman–Crippen LogP) is 5.63. The van der Waals surface area contributed by atoms with Gasteiger partial charge in [0.2, 0.25) is 5.52 Å². The van der Waals surface area contributed by atoms with Crippen LogP contribution in [0.4, 0.5) is 0 Å². The molecule has 1 unspecified atom stereocenters. The van der Waals surface area contributed by atoms with Crippen molar-refractivity contribution in [2.75, 3.05) is 0 Å². The molecule has 0 radical (unpaired) electrons. The van der Waals surface area contributed by atoms with Gasteiger partial charge in [0.05, 0.1) is 0 Å². The molecule has 0 aliphatic rings. The van der Waals surface area contributed by atoms with Crippen molar-refractivity contribution in [1.29, 1.82) is 0 Å². The Hall–Kier alpha value is -3.55. The maximum Gasteiger partial charge on any atom is 0.222 e. The van der Waals surface area contributed by atoms with Gasteiger partial charge in [0, 0.05) is 22.0 Å². The zero-order chi connectivity index (χ0) is 21.2. The van der Waals surface area contributed by atoms with Gasteiger partial charge in [0.1, 0.15) is 0 Å². The summed E-state index contributed by atoms with van der Waals surface area (Å²) in [4.78, 5) is 23.7. The minimum absolute atomic E-state index is 0.0752. The van der Waals surface area contributed by atoms with E-state index in [0.717, 1.165) is 11.1 Å². The zero-order valence-corrected chi connectivity index (χ0v) is 17.3. The van der Waals surface area contributed by atoms with E-state index in [4.69, 9.17) is 0 Å². The second kappa shape index (κ2) is 10.8. The summed E-state index contributed by atoms with van der Waals surface area (Å²) in [7, 11) is -2.39. The number of ketones is 1. The Balaban J connectivity index is 0.000000172. The first-order valence-corrected chi connectivity index (χ1v) is 10.9. The summed E-state index contributed by atoms with van der Waals surface area (Å²) in [5.74, 6) is 0.0752. The van der Waals surface area contributed by atoms with Gasteiger partial charge in [-0.2, -0.15) is 0 Å². The van der Waals surface area contributed by atoms with Crippen molar-refractivity contribution in [3.8, 4) is 0 Å². The second-order valence-corrected chi connectivity index (χ2v) is 8.14. The summed E-state index contributed by atoms with van der Waals surface area (Å²) in [6, 6.07) is 36.2. The fraction of sp³-hybridized carbons (Fsp3) is 0.